The fourth-order valence-electron chi connectivity index (χ4n) is 5.85. The molecule has 1 unspecified atom stereocenters. The number of piperazine rings is 1. The molecule has 2 saturated heterocycles. The molecule has 1 N–H and O–H groups in total. The van der Waals surface area contributed by atoms with Gasteiger partial charge in [-0.05, 0) is 47.9 Å². The van der Waals surface area contributed by atoms with Gasteiger partial charge in [0.05, 0.1) is 12.2 Å². The number of piperidine rings is 1. The van der Waals surface area contributed by atoms with Gasteiger partial charge in [-0.2, -0.15) is 0 Å². The lowest BCUT2D eigenvalue weighted by Gasteiger charge is -2.36. The normalized spacial score (nSPS) is 19.1. The third-order valence-electron chi connectivity index (χ3n) is 8.18. The number of hydrogen-bond donors (Lipinski definition) is 1. The summed E-state index contributed by atoms with van der Waals surface area (Å²) in [6.45, 7) is 4.38. The van der Waals surface area contributed by atoms with Crippen LogP contribution in [0, 0.1) is 5.82 Å². The van der Waals surface area contributed by atoms with E-state index in [0.717, 1.165) is 30.8 Å². The van der Waals surface area contributed by atoms with Crippen LogP contribution >= 0.6 is 0 Å². The molecule has 3 heterocycles. The van der Waals surface area contributed by atoms with Crippen molar-refractivity contribution in [2.45, 2.75) is 38.6 Å². The topological polar surface area (TPSA) is 99.3 Å². The summed E-state index contributed by atoms with van der Waals surface area (Å²) in [4.78, 5) is 53.7. The van der Waals surface area contributed by atoms with Crippen LogP contribution in [0.1, 0.15) is 50.2 Å². The number of anilines is 1. The third-order valence-corrected chi connectivity index (χ3v) is 8.18. The van der Waals surface area contributed by atoms with Crippen LogP contribution in [-0.2, 0) is 29.3 Å². The minimum atomic E-state index is -0.665. The van der Waals surface area contributed by atoms with Crippen LogP contribution in [0.3, 0.4) is 0 Å². The zero-order chi connectivity index (χ0) is 29.2. The van der Waals surface area contributed by atoms with Crippen molar-refractivity contribution in [3.05, 3.63) is 94.3 Å². The van der Waals surface area contributed by atoms with Crippen LogP contribution in [0.15, 0.2) is 60.7 Å². The second kappa shape index (κ2) is 11.7. The van der Waals surface area contributed by atoms with Gasteiger partial charge in [0.2, 0.25) is 11.8 Å². The fraction of sp³-hybridized carbons (Fsp3) is 0.312. The summed E-state index contributed by atoms with van der Waals surface area (Å²) in [6, 6.07) is 17.5. The molecule has 216 valence electrons. The Morgan fingerprint density at radius 2 is 1.71 bits per heavy atom. The molecule has 2 fully saturated rings. The predicted molar refractivity (Wildman–Crippen MR) is 153 cm³/mol. The Bertz CT molecular complexity index is 1530. The summed E-state index contributed by atoms with van der Waals surface area (Å²) < 4.78 is 20.5. The van der Waals surface area contributed by atoms with E-state index in [0.29, 0.717) is 55.0 Å². The molecule has 3 amide bonds. The summed E-state index contributed by atoms with van der Waals surface area (Å²) in [5.74, 6) is -0.736. The van der Waals surface area contributed by atoms with Crippen LogP contribution < -0.4 is 15.0 Å². The van der Waals surface area contributed by atoms with Gasteiger partial charge in [0.25, 0.3) is 5.91 Å². The molecule has 42 heavy (non-hydrogen) atoms. The summed E-state index contributed by atoms with van der Waals surface area (Å²) in [5, 5.41) is 2.33. The Morgan fingerprint density at radius 3 is 2.43 bits per heavy atom. The number of carbonyl (C=O) groups is 4. The van der Waals surface area contributed by atoms with E-state index < -0.39 is 11.9 Å². The minimum absolute atomic E-state index is 0.212. The van der Waals surface area contributed by atoms with Crippen molar-refractivity contribution in [1.82, 2.24) is 15.1 Å². The molecule has 1 atom stereocenters. The summed E-state index contributed by atoms with van der Waals surface area (Å²) in [5.41, 5.74) is 4.29. The first-order valence-corrected chi connectivity index (χ1v) is 14.1. The van der Waals surface area contributed by atoms with E-state index in [4.69, 9.17) is 4.74 Å². The van der Waals surface area contributed by atoms with E-state index in [1.54, 1.807) is 24.3 Å². The van der Waals surface area contributed by atoms with E-state index in [2.05, 4.69) is 22.3 Å². The largest absolute Gasteiger partial charge is 0.489 e. The SMILES string of the molecule is O=Cc1ccc(N2CCN(Cc3ccc(COc4cccc5c4CN(C4CCC(=O)NC4=O)C5=O)cc3)CC2)c(F)c1. The van der Waals surface area contributed by atoms with Crippen LogP contribution in [0.25, 0.3) is 0 Å². The lowest BCUT2D eigenvalue weighted by Crippen LogP contribution is -2.52. The first kappa shape index (κ1) is 27.6. The number of rotatable bonds is 8. The second-order valence-electron chi connectivity index (χ2n) is 10.9. The molecule has 6 rings (SSSR count). The Hall–Kier alpha value is -4.57. The Labute approximate surface area is 242 Å². The van der Waals surface area contributed by atoms with E-state index >= 15 is 0 Å². The average molecular weight is 571 g/mol. The molecular weight excluding hydrogens is 539 g/mol. The van der Waals surface area contributed by atoms with Crippen molar-refractivity contribution in [3.63, 3.8) is 0 Å². The number of aldehydes is 1. The van der Waals surface area contributed by atoms with Crippen LogP contribution in [0.4, 0.5) is 10.1 Å². The first-order chi connectivity index (χ1) is 20.4. The molecule has 0 aliphatic carbocycles. The predicted octanol–water partition coefficient (Wildman–Crippen LogP) is 3.30. The van der Waals surface area contributed by atoms with Gasteiger partial charge in [0, 0.05) is 55.8 Å². The van der Waals surface area contributed by atoms with Gasteiger partial charge in [-0.1, -0.05) is 30.3 Å². The smallest absolute Gasteiger partial charge is 0.255 e. The van der Waals surface area contributed by atoms with E-state index in [1.165, 1.54) is 16.5 Å². The highest BCUT2D eigenvalue weighted by Crippen LogP contribution is 2.34. The van der Waals surface area contributed by atoms with Crippen molar-refractivity contribution in [3.8, 4) is 5.75 Å². The number of imide groups is 1. The molecular formula is C32H31FN4O5. The molecule has 9 nitrogen and oxygen atoms in total. The molecule has 10 heteroatoms. The number of nitrogens with zero attached hydrogens (tertiary/aromatic N) is 3. The highest BCUT2D eigenvalue weighted by Gasteiger charge is 2.40. The maximum Gasteiger partial charge on any atom is 0.255 e. The molecule has 0 saturated carbocycles. The zero-order valence-electron chi connectivity index (χ0n) is 23.1. The molecule has 0 bridgehead atoms. The maximum atomic E-state index is 14.4. The number of halogens is 1. The van der Waals surface area contributed by atoms with Gasteiger partial charge in [-0.25, -0.2) is 4.39 Å². The number of benzene rings is 3. The number of fused-ring (bicyclic) bond motifs is 1. The lowest BCUT2D eigenvalue weighted by molar-refractivity contribution is -0.136. The third kappa shape index (κ3) is 5.62. The van der Waals surface area contributed by atoms with Crippen molar-refractivity contribution >= 4 is 29.7 Å². The van der Waals surface area contributed by atoms with Crippen molar-refractivity contribution in [1.29, 1.82) is 0 Å². The summed E-state index contributed by atoms with van der Waals surface area (Å²) >= 11 is 0. The van der Waals surface area contributed by atoms with Crippen LogP contribution in [0.5, 0.6) is 5.75 Å². The number of nitrogens with one attached hydrogen (secondary N) is 1. The second-order valence-corrected chi connectivity index (χ2v) is 10.9. The van der Waals surface area contributed by atoms with Gasteiger partial charge in [0.15, 0.2) is 0 Å². The quantitative estimate of drug-likeness (QED) is 0.328. The Balaban J connectivity index is 1.02. The molecule has 3 aliphatic rings. The van der Waals surface area contributed by atoms with Gasteiger partial charge >= 0.3 is 0 Å². The molecule has 0 aromatic heterocycles. The molecule has 3 aromatic carbocycles. The van der Waals surface area contributed by atoms with Crippen molar-refractivity contribution in [2.75, 3.05) is 31.1 Å². The standard InChI is InChI=1S/C32H31FN4O5/c33-26-16-23(19-38)8-9-27(26)36-14-12-35(13-15-36)17-21-4-6-22(7-5-21)20-42-29-3-1-2-24-25(29)18-37(32(24)41)28-10-11-30(39)34-31(28)40/h1-9,16,19,28H,10-15,17-18,20H2,(H,34,39,40). The van der Waals surface area contributed by atoms with Gasteiger partial charge in [-0.3, -0.25) is 29.4 Å². The summed E-state index contributed by atoms with van der Waals surface area (Å²) in [6.07, 6.45) is 1.18. The fourth-order valence-corrected chi connectivity index (χ4v) is 5.85. The van der Waals surface area contributed by atoms with Crippen molar-refractivity contribution in [2.24, 2.45) is 0 Å². The highest BCUT2D eigenvalue weighted by atomic mass is 19.1. The van der Waals surface area contributed by atoms with E-state index in [1.807, 2.05) is 23.1 Å². The zero-order valence-corrected chi connectivity index (χ0v) is 23.1. The molecule has 0 spiro atoms. The molecule has 3 aromatic rings. The monoisotopic (exact) mass is 570 g/mol. The highest BCUT2D eigenvalue weighted by molar-refractivity contribution is 6.05. The molecule has 3 aliphatic heterocycles. The Morgan fingerprint density at radius 1 is 0.952 bits per heavy atom. The van der Waals surface area contributed by atoms with Gasteiger partial charge < -0.3 is 14.5 Å². The van der Waals surface area contributed by atoms with Gasteiger partial charge in [-0.15, -0.1) is 0 Å². The number of amides is 3. The van der Waals surface area contributed by atoms with Gasteiger partial charge in [0.1, 0.15) is 30.5 Å². The van der Waals surface area contributed by atoms with Crippen LogP contribution in [-0.4, -0.2) is 66.0 Å². The first-order valence-electron chi connectivity index (χ1n) is 14.1. The van der Waals surface area contributed by atoms with E-state index in [9.17, 15) is 23.6 Å². The number of carbonyl (C=O) groups excluding carboxylic acids is 4. The lowest BCUT2D eigenvalue weighted by atomic mass is 10.0. The average Bonchev–Trinajstić information content (AvgIpc) is 3.33. The van der Waals surface area contributed by atoms with Crippen molar-refractivity contribution < 1.29 is 28.3 Å². The van der Waals surface area contributed by atoms with E-state index in [-0.39, 0.29) is 30.6 Å². The number of hydrogen-bond acceptors (Lipinski definition) is 7. The maximum absolute atomic E-state index is 14.4. The molecule has 0 radical (unpaired) electrons. The Kier molecular flexibility index (Phi) is 7.71. The minimum Gasteiger partial charge on any atom is -0.489 e. The summed E-state index contributed by atoms with van der Waals surface area (Å²) in [7, 11) is 0. The van der Waals surface area contributed by atoms with Crippen LogP contribution in [0.2, 0.25) is 0 Å². The number of ether oxygens (including phenoxy) is 1.